The van der Waals surface area contributed by atoms with Crippen molar-refractivity contribution in [3.8, 4) is 0 Å². The first-order valence-electron chi connectivity index (χ1n) is 8.45. The summed E-state index contributed by atoms with van der Waals surface area (Å²) in [6.07, 6.45) is 4.42. The molecule has 1 heterocycles. The van der Waals surface area contributed by atoms with Crippen LogP contribution in [-0.4, -0.2) is 41.6 Å². The zero-order valence-electron chi connectivity index (χ0n) is 14.9. The van der Waals surface area contributed by atoms with Gasteiger partial charge in [0.1, 0.15) is 5.60 Å². The van der Waals surface area contributed by atoms with E-state index in [0.29, 0.717) is 18.1 Å². The molecule has 25 heavy (non-hydrogen) atoms. The zero-order valence-corrected chi connectivity index (χ0v) is 15.7. The summed E-state index contributed by atoms with van der Waals surface area (Å²) in [7, 11) is 0. The molecule has 2 amide bonds. The van der Waals surface area contributed by atoms with Crippen LogP contribution in [0.3, 0.4) is 0 Å². The van der Waals surface area contributed by atoms with Gasteiger partial charge in [0, 0.05) is 30.2 Å². The molecule has 2 rings (SSSR count). The van der Waals surface area contributed by atoms with Crippen molar-refractivity contribution in [3.63, 3.8) is 0 Å². The highest BCUT2D eigenvalue weighted by Crippen LogP contribution is 2.15. The molecule has 0 bridgehead atoms. The number of rotatable bonds is 3. The largest absolute Gasteiger partial charge is 0.444 e. The van der Waals surface area contributed by atoms with E-state index in [1.807, 2.05) is 32.9 Å². The number of carbonyl (C=O) groups excluding carboxylic acids is 2. The van der Waals surface area contributed by atoms with E-state index < -0.39 is 5.60 Å². The SMILES string of the molecule is CC(C)(C)OC(=O)N1CCC(NC(=O)C=Cc2ccc(Cl)cc2)CC1. The lowest BCUT2D eigenvalue weighted by molar-refractivity contribution is -0.117. The number of ether oxygens (including phenoxy) is 1. The molecule has 1 aromatic rings. The second-order valence-corrected chi connectivity index (χ2v) is 7.57. The minimum absolute atomic E-state index is 0.0704. The fraction of sp³-hybridized carbons (Fsp3) is 0.474. The van der Waals surface area contributed by atoms with Crippen LogP contribution in [0.2, 0.25) is 5.02 Å². The lowest BCUT2D eigenvalue weighted by atomic mass is 10.1. The third-order valence-corrected chi connectivity index (χ3v) is 4.04. The number of hydrogen-bond donors (Lipinski definition) is 1. The average Bonchev–Trinajstić information content (AvgIpc) is 2.53. The summed E-state index contributed by atoms with van der Waals surface area (Å²) in [5.41, 5.74) is 0.425. The molecule has 0 aromatic heterocycles. The van der Waals surface area contributed by atoms with Gasteiger partial charge in [-0.05, 0) is 57.4 Å². The first kappa shape index (κ1) is 19.3. The Morgan fingerprint density at radius 1 is 1.20 bits per heavy atom. The van der Waals surface area contributed by atoms with Crippen LogP contribution in [0, 0.1) is 0 Å². The van der Waals surface area contributed by atoms with Crippen LogP contribution in [0.25, 0.3) is 6.08 Å². The molecule has 1 aromatic carbocycles. The van der Waals surface area contributed by atoms with Crippen molar-refractivity contribution in [1.29, 1.82) is 0 Å². The van der Waals surface area contributed by atoms with E-state index in [2.05, 4.69) is 5.32 Å². The maximum absolute atomic E-state index is 12.0. The molecule has 1 aliphatic rings. The van der Waals surface area contributed by atoms with E-state index in [4.69, 9.17) is 16.3 Å². The van der Waals surface area contributed by atoms with Gasteiger partial charge >= 0.3 is 6.09 Å². The summed E-state index contributed by atoms with van der Waals surface area (Å²) >= 11 is 5.83. The molecule has 136 valence electrons. The number of nitrogens with one attached hydrogen (secondary N) is 1. The number of piperidine rings is 1. The van der Waals surface area contributed by atoms with Crippen LogP contribution in [0.15, 0.2) is 30.3 Å². The van der Waals surface area contributed by atoms with Crippen molar-refractivity contribution >= 4 is 29.7 Å². The Labute approximate surface area is 154 Å². The number of benzene rings is 1. The van der Waals surface area contributed by atoms with Crippen LogP contribution in [0.5, 0.6) is 0 Å². The Balaban J connectivity index is 1.76. The molecule has 1 aliphatic heterocycles. The van der Waals surface area contributed by atoms with Crippen molar-refractivity contribution < 1.29 is 14.3 Å². The number of nitrogens with zero attached hydrogens (tertiary/aromatic N) is 1. The first-order chi connectivity index (χ1) is 11.7. The molecule has 5 nitrogen and oxygen atoms in total. The molecule has 1 saturated heterocycles. The van der Waals surface area contributed by atoms with E-state index in [1.165, 1.54) is 6.08 Å². The summed E-state index contributed by atoms with van der Waals surface area (Å²) < 4.78 is 5.37. The highest BCUT2D eigenvalue weighted by Gasteiger charge is 2.27. The van der Waals surface area contributed by atoms with Crippen LogP contribution in [0.4, 0.5) is 4.79 Å². The summed E-state index contributed by atoms with van der Waals surface area (Å²) in [5.74, 6) is -0.134. The highest BCUT2D eigenvalue weighted by atomic mass is 35.5. The lowest BCUT2D eigenvalue weighted by Crippen LogP contribution is -2.47. The molecule has 6 heteroatoms. The van der Waals surface area contributed by atoms with Gasteiger partial charge in [0.2, 0.25) is 5.91 Å². The van der Waals surface area contributed by atoms with E-state index >= 15 is 0 Å². The molecule has 0 radical (unpaired) electrons. The van der Waals surface area contributed by atoms with Crippen molar-refractivity contribution in [2.45, 2.75) is 45.3 Å². The summed E-state index contributed by atoms with van der Waals surface area (Å²) in [6.45, 7) is 6.72. The number of carbonyl (C=O) groups is 2. The Hall–Kier alpha value is -2.01. The first-order valence-corrected chi connectivity index (χ1v) is 8.83. The third kappa shape index (κ3) is 6.78. The molecule has 0 spiro atoms. The predicted octanol–water partition coefficient (Wildman–Crippen LogP) is 3.87. The van der Waals surface area contributed by atoms with Crippen molar-refractivity contribution in [2.75, 3.05) is 13.1 Å². The number of halogens is 1. The van der Waals surface area contributed by atoms with Crippen LogP contribution >= 0.6 is 11.6 Å². The smallest absolute Gasteiger partial charge is 0.410 e. The van der Waals surface area contributed by atoms with Crippen molar-refractivity contribution in [1.82, 2.24) is 10.2 Å². The second-order valence-electron chi connectivity index (χ2n) is 7.14. The molecule has 0 atom stereocenters. The van der Waals surface area contributed by atoms with E-state index in [0.717, 1.165) is 18.4 Å². The molecular weight excluding hydrogens is 340 g/mol. The van der Waals surface area contributed by atoms with Gasteiger partial charge in [-0.2, -0.15) is 0 Å². The van der Waals surface area contributed by atoms with Gasteiger partial charge < -0.3 is 15.0 Å². The number of amides is 2. The molecule has 0 aliphatic carbocycles. The van der Waals surface area contributed by atoms with Crippen LogP contribution in [0.1, 0.15) is 39.2 Å². The fourth-order valence-electron chi connectivity index (χ4n) is 2.53. The standard InChI is InChI=1S/C19H25ClN2O3/c1-19(2,3)25-18(24)22-12-10-16(11-13-22)21-17(23)9-6-14-4-7-15(20)8-5-14/h4-9,16H,10-13H2,1-3H3,(H,21,23). The summed E-state index contributed by atoms with van der Waals surface area (Å²) in [5, 5.41) is 3.64. The van der Waals surface area contributed by atoms with Crippen LogP contribution < -0.4 is 5.32 Å². The molecule has 1 N–H and O–H groups in total. The Morgan fingerprint density at radius 3 is 2.36 bits per heavy atom. The highest BCUT2D eigenvalue weighted by molar-refractivity contribution is 6.30. The zero-order chi connectivity index (χ0) is 18.4. The monoisotopic (exact) mass is 364 g/mol. The maximum atomic E-state index is 12.0. The maximum Gasteiger partial charge on any atom is 0.410 e. The lowest BCUT2D eigenvalue weighted by Gasteiger charge is -2.33. The predicted molar refractivity (Wildman–Crippen MR) is 99.5 cm³/mol. The number of hydrogen-bond acceptors (Lipinski definition) is 3. The van der Waals surface area contributed by atoms with Crippen molar-refractivity contribution in [2.24, 2.45) is 0 Å². The topological polar surface area (TPSA) is 58.6 Å². The Kier molecular flexibility index (Phi) is 6.48. The Bertz CT molecular complexity index is 627. The van der Waals surface area contributed by atoms with Gasteiger partial charge in [-0.25, -0.2) is 4.79 Å². The van der Waals surface area contributed by atoms with Crippen molar-refractivity contribution in [3.05, 3.63) is 40.9 Å². The van der Waals surface area contributed by atoms with Gasteiger partial charge in [0.05, 0.1) is 0 Å². The third-order valence-electron chi connectivity index (χ3n) is 3.79. The minimum Gasteiger partial charge on any atom is -0.444 e. The van der Waals surface area contributed by atoms with Gasteiger partial charge in [-0.1, -0.05) is 23.7 Å². The molecule has 1 fully saturated rings. The minimum atomic E-state index is -0.491. The fourth-order valence-corrected chi connectivity index (χ4v) is 2.65. The van der Waals surface area contributed by atoms with Crippen LogP contribution in [-0.2, 0) is 9.53 Å². The Morgan fingerprint density at radius 2 is 1.80 bits per heavy atom. The summed E-state index contributed by atoms with van der Waals surface area (Å²) in [4.78, 5) is 25.7. The van der Waals surface area contributed by atoms with E-state index in [9.17, 15) is 9.59 Å². The normalized spacial score (nSPS) is 16.1. The van der Waals surface area contributed by atoms with Gasteiger partial charge in [0.25, 0.3) is 0 Å². The summed E-state index contributed by atoms with van der Waals surface area (Å²) in [6, 6.07) is 7.34. The number of likely N-dealkylation sites (tertiary alicyclic amines) is 1. The second kappa shape index (κ2) is 8.39. The van der Waals surface area contributed by atoms with E-state index in [1.54, 1.807) is 23.1 Å². The molecule has 0 unspecified atom stereocenters. The molecular formula is C19H25ClN2O3. The van der Waals surface area contributed by atoms with Gasteiger partial charge in [-0.3, -0.25) is 4.79 Å². The van der Waals surface area contributed by atoms with Gasteiger partial charge in [0.15, 0.2) is 0 Å². The quantitative estimate of drug-likeness (QED) is 0.828. The van der Waals surface area contributed by atoms with E-state index in [-0.39, 0.29) is 18.0 Å². The van der Waals surface area contributed by atoms with Gasteiger partial charge in [-0.15, -0.1) is 0 Å². The average molecular weight is 365 g/mol. The molecule has 0 saturated carbocycles.